The van der Waals surface area contributed by atoms with Gasteiger partial charge < -0.3 is 4.42 Å². The largest absolute Gasteiger partial charge is 0.449 e. The Balaban J connectivity index is 1.40. The molecule has 0 atom stereocenters. The van der Waals surface area contributed by atoms with E-state index >= 15 is 0 Å². The Hall–Kier alpha value is -2.71. The van der Waals surface area contributed by atoms with Crippen LogP contribution in [0, 0.1) is 0 Å². The molecule has 2 heterocycles. The molecule has 5 rings (SSSR count). The minimum absolute atomic E-state index is 0.0879. The highest BCUT2D eigenvalue weighted by Crippen LogP contribution is 2.39. The van der Waals surface area contributed by atoms with Crippen LogP contribution in [0.3, 0.4) is 0 Å². The lowest BCUT2D eigenvalue weighted by Gasteiger charge is -2.15. The van der Waals surface area contributed by atoms with Crippen molar-refractivity contribution in [1.29, 1.82) is 0 Å². The maximum absolute atomic E-state index is 13.4. The minimum atomic E-state index is -0.0879. The molecular weight excluding hydrogens is 576 g/mol. The number of amidine groups is 1. The number of amides is 1. The molecule has 1 fully saturated rings. The maximum Gasteiger partial charge on any atom is 0.267 e. The second-order valence-electron chi connectivity index (χ2n) is 7.91. The van der Waals surface area contributed by atoms with E-state index in [0.717, 1.165) is 20.5 Å². The number of aliphatic imine (C=N–C) groups is 1. The van der Waals surface area contributed by atoms with Gasteiger partial charge in [0.05, 0.1) is 22.5 Å². The van der Waals surface area contributed by atoms with E-state index < -0.39 is 0 Å². The van der Waals surface area contributed by atoms with E-state index in [1.165, 1.54) is 23.5 Å². The Labute approximate surface area is 231 Å². The average Bonchev–Trinajstić information content (AvgIpc) is 3.39. The van der Waals surface area contributed by atoms with Crippen molar-refractivity contribution >= 4 is 68.2 Å². The molecule has 0 unspecified atom stereocenters. The normalized spacial score (nSPS) is 15.8. The van der Waals surface area contributed by atoms with Crippen LogP contribution in [0.5, 0.6) is 0 Å². The zero-order valence-electron chi connectivity index (χ0n) is 18.9. The molecule has 8 heteroatoms. The van der Waals surface area contributed by atoms with E-state index in [1.54, 1.807) is 11.0 Å². The fourth-order valence-electron chi connectivity index (χ4n) is 3.52. The van der Waals surface area contributed by atoms with Crippen LogP contribution in [-0.4, -0.2) is 16.0 Å². The van der Waals surface area contributed by atoms with Gasteiger partial charge >= 0.3 is 0 Å². The summed E-state index contributed by atoms with van der Waals surface area (Å²) in [6.07, 6.45) is 1.78. The topological polar surface area (TPSA) is 45.8 Å². The summed E-state index contributed by atoms with van der Waals surface area (Å²) < 4.78 is 6.88. The first kappa shape index (κ1) is 25.0. The van der Waals surface area contributed by atoms with Crippen molar-refractivity contribution in [2.75, 3.05) is 0 Å². The van der Waals surface area contributed by atoms with Crippen LogP contribution in [0.2, 0.25) is 5.02 Å². The van der Waals surface area contributed by atoms with Crippen molar-refractivity contribution in [1.82, 2.24) is 4.90 Å². The Morgan fingerprint density at radius 1 is 0.972 bits per heavy atom. The third-order valence-corrected chi connectivity index (χ3v) is 8.43. The monoisotopic (exact) mass is 594 g/mol. The number of carbonyl (C=O) groups excluding carboxylic acids is 1. The molecule has 1 amide bonds. The Bertz CT molecular complexity index is 1420. The summed E-state index contributed by atoms with van der Waals surface area (Å²) in [5, 5.41) is 2.07. The number of rotatable bonds is 7. The van der Waals surface area contributed by atoms with E-state index in [1.807, 2.05) is 91.0 Å². The molecule has 0 saturated carbocycles. The van der Waals surface area contributed by atoms with Crippen LogP contribution < -0.4 is 0 Å². The molecule has 0 spiro atoms. The van der Waals surface area contributed by atoms with E-state index in [4.69, 9.17) is 21.0 Å². The number of hydrogen-bond donors (Lipinski definition) is 0. The number of hydrogen-bond acceptors (Lipinski definition) is 5. The lowest BCUT2D eigenvalue weighted by molar-refractivity contribution is -0.122. The Morgan fingerprint density at radius 2 is 1.64 bits per heavy atom. The van der Waals surface area contributed by atoms with Gasteiger partial charge in [-0.1, -0.05) is 84.0 Å². The number of halogens is 2. The molecule has 4 nitrogen and oxygen atoms in total. The molecule has 1 saturated heterocycles. The molecule has 4 aromatic rings. The summed E-state index contributed by atoms with van der Waals surface area (Å²) in [6, 6.07) is 29.4. The van der Waals surface area contributed by atoms with Crippen molar-refractivity contribution in [2.24, 2.45) is 4.99 Å². The SMILES string of the molecule is O=C1/C(=C/c2cc(Br)c(Sc3ccc(Cl)cc3)o2)SC(=NCc2ccccc2)N1Cc1ccccc1. The fourth-order valence-corrected chi connectivity index (χ4v) is 5.93. The van der Waals surface area contributed by atoms with E-state index in [9.17, 15) is 4.79 Å². The molecule has 1 aliphatic heterocycles. The average molecular weight is 596 g/mol. The lowest BCUT2D eigenvalue weighted by atomic mass is 10.2. The van der Waals surface area contributed by atoms with Crippen molar-refractivity contribution < 1.29 is 9.21 Å². The summed E-state index contributed by atoms with van der Waals surface area (Å²) in [6.45, 7) is 0.959. The second-order valence-corrected chi connectivity index (χ2v) is 11.3. The zero-order chi connectivity index (χ0) is 24.9. The summed E-state index contributed by atoms with van der Waals surface area (Å²) >= 11 is 12.4. The minimum Gasteiger partial charge on any atom is -0.449 e. The molecule has 0 N–H and O–H groups in total. The van der Waals surface area contributed by atoms with Crippen LogP contribution in [0.4, 0.5) is 0 Å². The van der Waals surface area contributed by atoms with Gasteiger partial charge in [0.1, 0.15) is 5.76 Å². The number of thioether (sulfide) groups is 1. The van der Waals surface area contributed by atoms with Crippen LogP contribution in [0.25, 0.3) is 6.08 Å². The van der Waals surface area contributed by atoms with Crippen molar-refractivity contribution in [3.63, 3.8) is 0 Å². The van der Waals surface area contributed by atoms with Crippen molar-refractivity contribution in [3.8, 4) is 0 Å². The van der Waals surface area contributed by atoms with Gasteiger partial charge in [0.2, 0.25) is 0 Å². The van der Waals surface area contributed by atoms with Gasteiger partial charge in [0.15, 0.2) is 10.3 Å². The van der Waals surface area contributed by atoms with Crippen molar-refractivity contribution in [3.05, 3.63) is 122 Å². The van der Waals surface area contributed by atoms with Gasteiger partial charge in [-0.05, 0) is 69.2 Å². The molecular formula is C28H20BrClN2O2S2. The highest BCUT2D eigenvalue weighted by molar-refractivity contribution is 9.10. The number of carbonyl (C=O) groups is 1. The summed E-state index contributed by atoms with van der Waals surface area (Å²) in [5.41, 5.74) is 2.14. The molecule has 0 bridgehead atoms. The first-order valence-electron chi connectivity index (χ1n) is 11.1. The van der Waals surface area contributed by atoms with E-state index in [0.29, 0.717) is 39.0 Å². The molecule has 180 valence electrons. The maximum atomic E-state index is 13.4. The Morgan fingerprint density at radius 3 is 2.33 bits per heavy atom. The number of furan rings is 1. The zero-order valence-corrected chi connectivity index (χ0v) is 22.9. The van der Waals surface area contributed by atoms with Gasteiger partial charge in [0, 0.05) is 16.0 Å². The number of nitrogens with zero attached hydrogens (tertiary/aromatic N) is 2. The smallest absolute Gasteiger partial charge is 0.267 e. The first-order valence-corrected chi connectivity index (χ1v) is 13.9. The standard InChI is InChI=1S/C28H20BrClN2O2S2/c29-24-15-22(34-27(24)35-23-13-11-21(30)12-14-23)16-25-26(33)32(18-20-9-5-2-6-10-20)28(36-25)31-17-19-7-3-1-4-8-19/h1-16H,17-18H2/b25-16-,31-28?. The highest BCUT2D eigenvalue weighted by Gasteiger charge is 2.33. The number of benzene rings is 3. The summed E-state index contributed by atoms with van der Waals surface area (Å²) in [4.78, 5) is 21.5. The molecule has 1 aromatic heterocycles. The Kier molecular flexibility index (Phi) is 8.02. The van der Waals surface area contributed by atoms with Crippen LogP contribution >= 0.6 is 51.1 Å². The lowest BCUT2D eigenvalue weighted by Crippen LogP contribution is -2.28. The van der Waals surface area contributed by atoms with Gasteiger partial charge in [0.25, 0.3) is 5.91 Å². The predicted octanol–water partition coefficient (Wildman–Crippen LogP) is 8.52. The van der Waals surface area contributed by atoms with Crippen LogP contribution in [0.15, 0.2) is 120 Å². The van der Waals surface area contributed by atoms with Crippen LogP contribution in [0.1, 0.15) is 16.9 Å². The third kappa shape index (κ3) is 6.16. The molecule has 0 radical (unpaired) electrons. The molecule has 1 aliphatic rings. The van der Waals surface area contributed by atoms with Gasteiger partial charge in [-0.25, -0.2) is 0 Å². The summed E-state index contributed by atoms with van der Waals surface area (Å²) in [7, 11) is 0. The molecule has 0 aliphatic carbocycles. The fraction of sp³-hybridized carbons (Fsp3) is 0.0714. The quantitative estimate of drug-likeness (QED) is 0.201. The molecule has 3 aromatic carbocycles. The van der Waals surface area contributed by atoms with E-state index in [-0.39, 0.29) is 5.91 Å². The highest BCUT2D eigenvalue weighted by atomic mass is 79.9. The molecule has 36 heavy (non-hydrogen) atoms. The first-order chi connectivity index (χ1) is 17.5. The van der Waals surface area contributed by atoms with E-state index in [2.05, 4.69) is 15.9 Å². The van der Waals surface area contributed by atoms with Gasteiger partial charge in [-0.15, -0.1) is 0 Å². The van der Waals surface area contributed by atoms with Crippen LogP contribution in [-0.2, 0) is 17.9 Å². The van der Waals surface area contributed by atoms with Gasteiger partial charge in [-0.3, -0.25) is 14.7 Å². The second kappa shape index (κ2) is 11.6. The predicted molar refractivity (Wildman–Crippen MR) is 152 cm³/mol. The van der Waals surface area contributed by atoms with Crippen molar-refractivity contribution in [2.45, 2.75) is 23.1 Å². The summed E-state index contributed by atoms with van der Waals surface area (Å²) in [5.74, 6) is 0.508. The van der Waals surface area contributed by atoms with Gasteiger partial charge in [-0.2, -0.15) is 0 Å². The third-order valence-electron chi connectivity index (χ3n) is 5.28.